The van der Waals surface area contributed by atoms with Crippen LogP contribution >= 0.6 is 0 Å². The molecule has 35 heavy (non-hydrogen) atoms. The molecule has 0 aliphatic heterocycles. The van der Waals surface area contributed by atoms with Crippen LogP contribution < -0.4 is 4.74 Å². The third-order valence-corrected chi connectivity index (χ3v) is 5.18. The Morgan fingerprint density at radius 2 is 1.63 bits per heavy atom. The van der Waals surface area contributed by atoms with Crippen molar-refractivity contribution < 1.29 is 32.4 Å². The minimum atomic E-state index is -4.44. The zero-order valence-corrected chi connectivity index (χ0v) is 18.8. The van der Waals surface area contributed by atoms with Crippen molar-refractivity contribution in [3.05, 3.63) is 106 Å². The lowest BCUT2D eigenvalue weighted by atomic mass is 10.1. The molecule has 10 heteroatoms. The van der Waals surface area contributed by atoms with Gasteiger partial charge in [0, 0.05) is 32.1 Å². The quantitative estimate of drug-likeness (QED) is 0.257. The number of alkyl halides is 3. The van der Waals surface area contributed by atoms with Crippen LogP contribution in [0.2, 0.25) is 0 Å². The maximum atomic E-state index is 12.8. The van der Waals surface area contributed by atoms with Crippen molar-refractivity contribution in [3.63, 3.8) is 0 Å². The van der Waals surface area contributed by atoms with Crippen molar-refractivity contribution in [2.24, 2.45) is 0 Å². The molecule has 0 aliphatic rings. The second kappa shape index (κ2) is 11.4. The fourth-order valence-electron chi connectivity index (χ4n) is 3.22. The Kier molecular flexibility index (Phi) is 8.30. The van der Waals surface area contributed by atoms with E-state index in [2.05, 4.69) is 0 Å². The Labute approximate surface area is 199 Å². The van der Waals surface area contributed by atoms with Gasteiger partial charge in [-0.3, -0.25) is 10.1 Å². The Bertz CT molecular complexity index is 1120. The van der Waals surface area contributed by atoms with E-state index < -0.39 is 28.9 Å². The highest BCUT2D eigenvalue weighted by Crippen LogP contribution is 2.32. The van der Waals surface area contributed by atoms with E-state index in [4.69, 9.17) is 9.47 Å². The van der Waals surface area contributed by atoms with Crippen LogP contribution in [0, 0.1) is 10.1 Å². The Morgan fingerprint density at radius 3 is 2.20 bits per heavy atom. The van der Waals surface area contributed by atoms with Crippen molar-refractivity contribution in [3.8, 4) is 5.75 Å². The molecule has 1 unspecified atom stereocenters. The molecule has 0 heterocycles. The third-order valence-electron chi connectivity index (χ3n) is 5.18. The summed E-state index contributed by atoms with van der Waals surface area (Å²) in [6, 6.07) is 19.3. The highest BCUT2D eigenvalue weighted by atomic mass is 19.4. The number of halogens is 3. The summed E-state index contributed by atoms with van der Waals surface area (Å²) in [7, 11) is 1.55. The zero-order valence-electron chi connectivity index (χ0n) is 18.8. The zero-order chi connectivity index (χ0) is 25.4. The molecule has 0 N–H and O–H groups in total. The van der Waals surface area contributed by atoms with E-state index in [1.54, 1.807) is 7.05 Å². The third kappa shape index (κ3) is 7.46. The summed E-state index contributed by atoms with van der Waals surface area (Å²) >= 11 is 0. The number of benzene rings is 3. The van der Waals surface area contributed by atoms with Crippen LogP contribution in [0.4, 0.5) is 23.7 Å². The molecular weight excluding hydrogens is 465 g/mol. The molecule has 1 atom stereocenters. The first kappa shape index (κ1) is 25.5. The van der Waals surface area contributed by atoms with Gasteiger partial charge in [-0.15, -0.1) is 0 Å². The fourth-order valence-corrected chi connectivity index (χ4v) is 3.22. The van der Waals surface area contributed by atoms with Crippen LogP contribution in [0.25, 0.3) is 0 Å². The molecule has 3 rings (SSSR count). The molecule has 1 amide bonds. The molecule has 0 aliphatic carbocycles. The van der Waals surface area contributed by atoms with E-state index >= 15 is 0 Å². The number of rotatable bonds is 9. The molecule has 0 bridgehead atoms. The van der Waals surface area contributed by atoms with Gasteiger partial charge >= 0.3 is 12.3 Å². The maximum Gasteiger partial charge on any atom is 0.416 e. The van der Waals surface area contributed by atoms with Crippen LogP contribution in [0.3, 0.4) is 0 Å². The highest BCUT2D eigenvalue weighted by Gasteiger charge is 2.30. The molecule has 0 fully saturated rings. The summed E-state index contributed by atoms with van der Waals surface area (Å²) in [4.78, 5) is 23.9. The minimum Gasteiger partial charge on any atom is -0.486 e. The number of ether oxygens (including phenoxy) is 2. The predicted octanol–water partition coefficient (Wildman–Crippen LogP) is 6.39. The van der Waals surface area contributed by atoms with E-state index in [1.165, 1.54) is 41.3 Å². The summed E-state index contributed by atoms with van der Waals surface area (Å²) in [6.45, 7) is 0.199. The SMILES string of the molecule is CN(CCC(Oc1ccc(C(F)(F)F)cc1)c1ccccc1)C(=O)OCc1ccc([N+](=O)[O-])cc1. The smallest absolute Gasteiger partial charge is 0.416 e. The van der Waals surface area contributed by atoms with Gasteiger partial charge in [-0.2, -0.15) is 13.2 Å². The largest absolute Gasteiger partial charge is 0.486 e. The average molecular weight is 488 g/mol. The lowest BCUT2D eigenvalue weighted by Gasteiger charge is -2.23. The Morgan fingerprint density at radius 1 is 1.00 bits per heavy atom. The van der Waals surface area contributed by atoms with E-state index in [0.29, 0.717) is 12.0 Å². The van der Waals surface area contributed by atoms with E-state index in [1.807, 2.05) is 30.3 Å². The first-order valence-corrected chi connectivity index (χ1v) is 10.6. The molecule has 0 radical (unpaired) electrons. The Balaban J connectivity index is 1.59. The molecular formula is C25H23F3N2O5. The van der Waals surface area contributed by atoms with Crippen LogP contribution in [0.1, 0.15) is 29.2 Å². The first-order valence-electron chi connectivity index (χ1n) is 10.6. The second-order valence-electron chi connectivity index (χ2n) is 7.73. The summed E-state index contributed by atoms with van der Waals surface area (Å²) in [6.07, 6.45) is -5.19. The standard InChI is InChI=1S/C25H23F3N2O5/c1-29(24(31)34-17-18-7-11-21(12-8-18)30(32)33)16-15-23(19-5-3-2-4-6-19)35-22-13-9-20(10-14-22)25(26,27)28/h2-14,23H,15-17H2,1H3. The average Bonchev–Trinajstić information content (AvgIpc) is 2.85. The number of hydrogen-bond acceptors (Lipinski definition) is 5. The molecule has 3 aromatic carbocycles. The predicted molar refractivity (Wildman–Crippen MR) is 122 cm³/mol. The van der Waals surface area contributed by atoms with Gasteiger partial charge < -0.3 is 14.4 Å². The molecule has 0 spiro atoms. The molecule has 184 valence electrons. The van der Waals surface area contributed by atoms with E-state index in [0.717, 1.165) is 17.7 Å². The minimum absolute atomic E-state index is 0.0503. The summed E-state index contributed by atoms with van der Waals surface area (Å²) in [5.41, 5.74) is 0.582. The molecule has 0 saturated carbocycles. The normalized spacial score (nSPS) is 12.0. The van der Waals surface area contributed by atoms with Crippen molar-refractivity contribution in [1.29, 1.82) is 0 Å². The lowest BCUT2D eigenvalue weighted by Crippen LogP contribution is -2.30. The summed E-state index contributed by atoms with van der Waals surface area (Å²) < 4.78 is 49.7. The number of non-ortho nitro benzene ring substituents is 1. The maximum absolute atomic E-state index is 12.8. The van der Waals surface area contributed by atoms with Crippen LogP contribution in [0.5, 0.6) is 5.75 Å². The Hall–Kier alpha value is -4.08. The van der Waals surface area contributed by atoms with Crippen molar-refractivity contribution in [2.45, 2.75) is 25.3 Å². The van der Waals surface area contributed by atoms with E-state index in [-0.39, 0.29) is 24.6 Å². The summed E-state index contributed by atoms with van der Waals surface area (Å²) in [5.74, 6) is 0.273. The number of carbonyl (C=O) groups is 1. The number of nitro groups is 1. The summed E-state index contributed by atoms with van der Waals surface area (Å²) in [5, 5.41) is 10.7. The number of amides is 1. The van der Waals surface area contributed by atoms with Gasteiger partial charge in [0.1, 0.15) is 18.5 Å². The number of carbonyl (C=O) groups excluding carboxylic acids is 1. The monoisotopic (exact) mass is 488 g/mol. The van der Waals surface area contributed by atoms with Gasteiger partial charge in [-0.05, 0) is 47.5 Å². The number of nitrogens with zero attached hydrogens (tertiary/aromatic N) is 2. The highest BCUT2D eigenvalue weighted by molar-refractivity contribution is 5.67. The van der Waals surface area contributed by atoms with E-state index in [9.17, 15) is 28.1 Å². The van der Waals surface area contributed by atoms with Crippen LogP contribution in [-0.4, -0.2) is 29.5 Å². The van der Waals surface area contributed by atoms with Crippen molar-refractivity contribution >= 4 is 11.8 Å². The van der Waals surface area contributed by atoms with Gasteiger partial charge in [0.15, 0.2) is 0 Å². The number of nitro benzene ring substituents is 1. The topological polar surface area (TPSA) is 81.9 Å². The lowest BCUT2D eigenvalue weighted by molar-refractivity contribution is -0.384. The fraction of sp³-hybridized carbons (Fsp3) is 0.240. The molecule has 0 aromatic heterocycles. The van der Waals surface area contributed by atoms with Crippen LogP contribution in [-0.2, 0) is 17.5 Å². The van der Waals surface area contributed by atoms with Gasteiger partial charge in [-0.1, -0.05) is 30.3 Å². The first-order chi connectivity index (χ1) is 16.6. The molecule has 3 aromatic rings. The van der Waals surface area contributed by atoms with Crippen LogP contribution in [0.15, 0.2) is 78.9 Å². The molecule has 0 saturated heterocycles. The second-order valence-corrected chi connectivity index (χ2v) is 7.73. The van der Waals surface area contributed by atoms with Gasteiger partial charge in [0.25, 0.3) is 5.69 Å². The van der Waals surface area contributed by atoms with Gasteiger partial charge in [0.05, 0.1) is 10.5 Å². The van der Waals surface area contributed by atoms with Gasteiger partial charge in [-0.25, -0.2) is 4.79 Å². The van der Waals surface area contributed by atoms with Crippen molar-refractivity contribution in [1.82, 2.24) is 4.90 Å². The van der Waals surface area contributed by atoms with Crippen molar-refractivity contribution in [2.75, 3.05) is 13.6 Å². The number of hydrogen-bond donors (Lipinski definition) is 0. The van der Waals surface area contributed by atoms with Gasteiger partial charge in [0.2, 0.25) is 0 Å². The molecule has 7 nitrogen and oxygen atoms in total.